The zero-order valence-electron chi connectivity index (χ0n) is 14.0. The average Bonchev–Trinajstić information content (AvgIpc) is 3.27. The number of rotatable bonds is 4. The van der Waals surface area contributed by atoms with E-state index < -0.39 is 5.97 Å². The third-order valence-corrected chi connectivity index (χ3v) is 5.49. The number of esters is 1. The number of nitrogens with zero attached hydrogens (tertiary/aromatic N) is 2. The number of nitrogens with one attached hydrogen (secondary N) is 1. The molecule has 1 aliphatic heterocycles. The summed E-state index contributed by atoms with van der Waals surface area (Å²) in [4.78, 5) is 12.4. The number of hydrogen-bond acceptors (Lipinski definition) is 7. The van der Waals surface area contributed by atoms with Crippen molar-refractivity contribution >= 4 is 44.8 Å². The van der Waals surface area contributed by atoms with Crippen molar-refractivity contribution in [2.75, 3.05) is 18.5 Å². The second-order valence-electron chi connectivity index (χ2n) is 6.01. The molecule has 1 saturated heterocycles. The zero-order chi connectivity index (χ0) is 18.1. The second-order valence-corrected chi connectivity index (χ2v) is 7.50. The van der Waals surface area contributed by atoms with Gasteiger partial charge in [-0.25, -0.2) is 0 Å². The molecule has 1 aliphatic rings. The van der Waals surface area contributed by atoms with Gasteiger partial charge in [0.15, 0.2) is 5.82 Å². The minimum atomic E-state index is -0.424. The molecule has 1 N–H and O–H groups in total. The van der Waals surface area contributed by atoms with Crippen LogP contribution in [0, 0.1) is 0 Å². The Balaban J connectivity index is 1.79. The summed E-state index contributed by atoms with van der Waals surface area (Å²) in [5.74, 6) is 0.473. The fourth-order valence-electron chi connectivity index (χ4n) is 2.83. The Morgan fingerprint density at radius 2 is 2.15 bits per heavy atom. The van der Waals surface area contributed by atoms with Gasteiger partial charge in [0, 0.05) is 28.8 Å². The number of ether oxygens (including phenoxy) is 2. The van der Waals surface area contributed by atoms with Crippen LogP contribution >= 0.6 is 22.9 Å². The van der Waals surface area contributed by atoms with Crippen LogP contribution in [0.2, 0.25) is 5.02 Å². The molecule has 0 aliphatic carbocycles. The molecule has 3 aromatic rings. The van der Waals surface area contributed by atoms with Crippen LogP contribution in [-0.2, 0) is 9.53 Å². The maximum Gasteiger partial charge on any atom is 0.309 e. The number of hydrogen-bond donors (Lipinski definition) is 1. The Labute approximate surface area is 159 Å². The number of carbonyl (C=O) groups is 1. The summed E-state index contributed by atoms with van der Waals surface area (Å²) >= 11 is 7.49. The Kier molecular flexibility index (Phi) is 4.76. The van der Waals surface area contributed by atoms with Crippen LogP contribution in [0.15, 0.2) is 30.3 Å². The number of halogens is 1. The fraction of sp³-hybridized carbons (Fsp3) is 0.278. The van der Waals surface area contributed by atoms with Crippen LogP contribution in [0.5, 0.6) is 5.88 Å². The molecule has 1 aromatic carbocycles. The molecule has 4 rings (SSSR count). The lowest BCUT2D eigenvalue weighted by Crippen LogP contribution is -2.20. The number of thiophene rings is 1. The lowest BCUT2D eigenvalue weighted by atomic mass is 10.1. The molecule has 0 bridgehead atoms. The molecule has 26 heavy (non-hydrogen) atoms. The van der Waals surface area contributed by atoms with E-state index in [0.29, 0.717) is 17.4 Å². The van der Waals surface area contributed by atoms with Crippen molar-refractivity contribution < 1.29 is 14.3 Å². The predicted octanol–water partition coefficient (Wildman–Crippen LogP) is 4.14. The first-order valence-corrected chi connectivity index (χ1v) is 9.38. The summed E-state index contributed by atoms with van der Waals surface area (Å²) in [6.07, 6.45) is 0.920. The van der Waals surface area contributed by atoms with Crippen molar-refractivity contribution in [3.8, 4) is 16.3 Å². The van der Waals surface area contributed by atoms with Crippen LogP contribution in [-0.4, -0.2) is 35.4 Å². The van der Waals surface area contributed by atoms with Gasteiger partial charge in [0.05, 0.1) is 12.6 Å². The normalized spacial score (nSPS) is 16.8. The third-order valence-electron chi connectivity index (χ3n) is 4.06. The number of aromatic nitrogens is 2. The summed E-state index contributed by atoms with van der Waals surface area (Å²) < 4.78 is 11.4. The van der Waals surface area contributed by atoms with Crippen LogP contribution in [0.1, 0.15) is 13.3 Å². The molecule has 3 heterocycles. The summed E-state index contributed by atoms with van der Waals surface area (Å²) in [5.41, 5.74) is 1.03. The Morgan fingerprint density at radius 1 is 1.35 bits per heavy atom. The van der Waals surface area contributed by atoms with E-state index in [1.54, 1.807) is 0 Å². The Morgan fingerprint density at radius 3 is 2.85 bits per heavy atom. The van der Waals surface area contributed by atoms with Gasteiger partial charge >= 0.3 is 5.97 Å². The van der Waals surface area contributed by atoms with Crippen LogP contribution in [0.25, 0.3) is 20.5 Å². The van der Waals surface area contributed by atoms with E-state index in [2.05, 4.69) is 15.5 Å². The lowest BCUT2D eigenvalue weighted by Gasteiger charge is -2.12. The minimum absolute atomic E-state index is 0.200. The second kappa shape index (κ2) is 7.19. The van der Waals surface area contributed by atoms with E-state index in [1.165, 1.54) is 18.3 Å². The molecule has 1 fully saturated rings. The number of anilines is 1. The molecular weight excluding hydrogens is 374 g/mol. The molecule has 0 spiro atoms. The van der Waals surface area contributed by atoms with Gasteiger partial charge in [0.1, 0.15) is 4.70 Å². The van der Waals surface area contributed by atoms with Gasteiger partial charge in [-0.3, -0.25) is 4.79 Å². The van der Waals surface area contributed by atoms with E-state index in [1.807, 2.05) is 30.3 Å². The summed E-state index contributed by atoms with van der Waals surface area (Å²) in [7, 11) is 0. The minimum Gasteiger partial charge on any atom is -0.404 e. The first-order valence-electron chi connectivity index (χ1n) is 8.19. The number of carbonyl (C=O) groups excluding carboxylic acids is 1. The van der Waals surface area contributed by atoms with Crippen molar-refractivity contribution in [3.63, 3.8) is 0 Å². The van der Waals surface area contributed by atoms with Crippen LogP contribution in [0.4, 0.5) is 5.82 Å². The predicted molar refractivity (Wildman–Crippen MR) is 102 cm³/mol. The Hall–Kier alpha value is -2.22. The van der Waals surface area contributed by atoms with Crippen molar-refractivity contribution in [1.29, 1.82) is 0 Å². The highest BCUT2D eigenvalue weighted by Gasteiger charge is 2.21. The summed E-state index contributed by atoms with van der Waals surface area (Å²) in [6.45, 7) is 2.73. The molecule has 6 nitrogen and oxygen atoms in total. The molecule has 2 aromatic heterocycles. The van der Waals surface area contributed by atoms with Gasteiger partial charge in [-0.15, -0.1) is 21.5 Å². The van der Waals surface area contributed by atoms with Crippen molar-refractivity contribution in [3.05, 3.63) is 35.4 Å². The van der Waals surface area contributed by atoms with Gasteiger partial charge in [0.2, 0.25) is 0 Å². The van der Waals surface area contributed by atoms with Gasteiger partial charge in [-0.1, -0.05) is 23.7 Å². The molecule has 8 heteroatoms. The molecule has 134 valence electrons. The van der Waals surface area contributed by atoms with Crippen LogP contribution < -0.4 is 10.1 Å². The summed E-state index contributed by atoms with van der Waals surface area (Å²) in [6, 6.07) is 9.84. The SMILES string of the molecule is CC(=O)Oc1nnc(NC2CCOC2)c2cc(-c3ccc(Cl)cc3)sc12. The van der Waals surface area contributed by atoms with E-state index in [0.717, 1.165) is 33.6 Å². The first kappa shape index (κ1) is 17.2. The van der Waals surface area contributed by atoms with Crippen molar-refractivity contribution in [2.24, 2.45) is 0 Å². The van der Waals surface area contributed by atoms with Gasteiger partial charge in [-0.05, 0) is 30.2 Å². The average molecular weight is 390 g/mol. The molecule has 1 atom stereocenters. The number of benzene rings is 1. The van der Waals surface area contributed by atoms with E-state index in [4.69, 9.17) is 21.1 Å². The standard InChI is InChI=1S/C18H16ClN3O3S/c1-10(23)25-18-16-14(17(21-22-18)20-13-6-7-24-9-13)8-15(26-16)11-2-4-12(19)5-3-11/h2-5,8,13H,6-7,9H2,1H3,(H,20,21). The number of fused-ring (bicyclic) bond motifs is 1. The monoisotopic (exact) mass is 389 g/mol. The van der Waals surface area contributed by atoms with Crippen molar-refractivity contribution in [1.82, 2.24) is 10.2 Å². The zero-order valence-corrected chi connectivity index (χ0v) is 15.6. The smallest absolute Gasteiger partial charge is 0.309 e. The molecular formula is C18H16ClN3O3S. The highest BCUT2D eigenvalue weighted by atomic mass is 35.5. The highest BCUT2D eigenvalue weighted by molar-refractivity contribution is 7.22. The topological polar surface area (TPSA) is 73.3 Å². The largest absolute Gasteiger partial charge is 0.404 e. The van der Waals surface area contributed by atoms with E-state index >= 15 is 0 Å². The molecule has 0 radical (unpaired) electrons. The molecule has 1 unspecified atom stereocenters. The van der Waals surface area contributed by atoms with E-state index in [-0.39, 0.29) is 11.9 Å². The maximum absolute atomic E-state index is 11.4. The third kappa shape index (κ3) is 3.51. The molecule has 0 saturated carbocycles. The van der Waals surface area contributed by atoms with Gasteiger partial charge in [-0.2, -0.15) is 0 Å². The lowest BCUT2D eigenvalue weighted by molar-refractivity contribution is -0.132. The first-order chi connectivity index (χ1) is 12.6. The Bertz CT molecular complexity index is 952. The summed E-state index contributed by atoms with van der Waals surface area (Å²) in [5, 5.41) is 13.3. The van der Waals surface area contributed by atoms with Crippen molar-refractivity contribution in [2.45, 2.75) is 19.4 Å². The fourth-order valence-corrected chi connectivity index (χ4v) is 4.04. The highest BCUT2D eigenvalue weighted by Crippen LogP contribution is 2.40. The van der Waals surface area contributed by atoms with Gasteiger partial charge in [0.25, 0.3) is 5.88 Å². The molecule has 0 amide bonds. The van der Waals surface area contributed by atoms with Gasteiger partial charge < -0.3 is 14.8 Å². The van der Waals surface area contributed by atoms with E-state index in [9.17, 15) is 4.79 Å². The van der Waals surface area contributed by atoms with Crippen LogP contribution in [0.3, 0.4) is 0 Å². The quantitative estimate of drug-likeness (QED) is 0.676. The maximum atomic E-state index is 11.4.